The van der Waals surface area contributed by atoms with Gasteiger partial charge in [0.15, 0.2) is 11.5 Å². The van der Waals surface area contributed by atoms with Crippen molar-refractivity contribution >= 4 is 22.7 Å². The second-order valence-corrected chi connectivity index (χ2v) is 8.87. The van der Waals surface area contributed by atoms with Crippen LogP contribution in [0.15, 0.2) is 24.3 Å². The fourth-order valence-electron chi connectivity index (χ4n) is 2.52. The van der Waals surface area contributed by atoms with Gasteiger partial charge < -0.3 is 14.2 Å². The van der Waals surface area contributed by atoms with Crippen LogP contribution >= 0.6 is 0 Å². The van der Waals surface area contributed by atoms with Crippen LogP contribution in [-0.2, 0) is 9.59 Å². The Bertz CT molecular complexity index is 898. The molecule has 5 heteroatoms. The molecule has 0 aliphatic heterocycles. The van der Waals surface area contributed by atoms with Crippen LogP contribution in [0.2, 0.25) is 0 Å². The Morgan fingerprint density at radius 3 is 1.64 bits per heavy atom. The number of fused-ring (bicyclic) bond motifs is 1. The van der Waals surface area contributed by atoms with Crippen LogP contribution in [0.4, 0.5) is 0 Å². The standard InChI is InChI=1S/C23H30O5/c1-9-26-18-14(2)17(27-20(24)22(3,4)5)15-12-10-11-13-16(15)19(18)28-21(25)23(6,7)8/h10-13H,9H2,1-8H3. The highest BCUT2D eigenvalue weighted by molar-refractivity contribution is 6.00. The zero-order valence-electron chi connectivity index (χ0n) is 18.1. The average molecular weight is 386 g/mol. The molecule has 0 aromatic heterocycles. The number of carbonyl (C=O) groups is 2. The van der Waals surface area contributed by atoms with E-state index >= 15 is 0 Å². The monoisotopic (exact) mass is 386 g/mol. The Morgan fingerprint density at radius 2 is 1.21 bits per heavy atom. The molecule has 0 unspecified atom stereocenters. The van der Waals surface area contributed by atoms with Crippen LogP contribution < -0.4 is 14.2 Å². The number of hydrogen-bond acceptors (Lipinski definition) is 5. The molecule has 0 spiro atoms. The first kappa shape index (κ1) is 21.7. The molecule has 0 N–H and O–H groups in total. The molecule has 5 nitrogen and oxygen atoms in total. The molecule has 2 rings (SSSR count). The van der Waals surface area contributed by atoms with Crippen molar-refractivity contribution in [2.24, 2.45) is 10.8 Å². The molecule has 2 aromatic carbocycles. The van der Waals surface area contributed by atoms with Gasteiger partial charge in [0.05, 0.1) is 17.4 Å². The van der Waals surface area contributed by atoms with Gasteiger partial charge in [-0.05, 0) is 55.4 Å². The van der Waals surface area contributed by atoms with E-state index in [1.807, 2.05) is 31.2 Å². The third kappa shape index (κ3) is 4.46. The van der Waals surface area contributed by atoms with Crippen molar-refractivity contribution in [2.75, 3.05) is 6.61 Å². The van der Waals surface area contributed by atoms with Gasteiger partial charge >= 0.3 is 11.9 Å². The van der Waals surface area contributed by atoms with E-state index in [0.717, 1.165) is 0 Å². The normalized spacial score (nSPS) is 12.0. The molecule has 0 aliphatic carbocycles. The molecular formula is C23H30O5. The van der Waals surface area contributed by atoms with Gasteiger partial charge in [0, 0.05) is 16.3 Å². The highest BCUT2D eigenvalue weighted by atomic mass is 16.6. The summed E-state index contributed by atoms with van der Waals surface area (Å²) in [6.45, 7) is 14.8. The first-order chi connectivity index (χ1) is 12.9. The maximum Gasteiger partial charge on any atom is 0.316 e. The molecule has 152 valence electrons. The van der Waals surface area contributed by atoms with E-state index in [0.29, 0.717) is 40.2 Å². The Labute approximate surface area is 167 Å². The zero-order valence-corrected chi connectivity index (χ0v) is 18.1. The van der Waals surface area contributed by atoms with Gasteiger partial charge in [-0.1, -0.05) is 24.3 Å². The fraction of sp³-hybridized carbons (Fsp3) is 0.478. The highest BCUT2D eigenvalue weighted by Crippen LogP contribution is 2.46. The molecule has 0 fully saturated rings. The SMILES string of the molecule is CCOc1c(C)c(OC(=O)C(C)(C)C)c2ccccc2c1OC(=O)C(C)(C)C. The first-order valence-corrected chi connectivity index (χ1v) is 9.50. The van der Waals surface area contributed by atoms with Gasteiger partial charge in [0.25, 0.3) is 0 Å². The maximum absolute atomic E-state index is 12.6. The summed E-state index contributed by atoms with van der Waals surface area (Å²) in [7, 11) is 0. The van der Waals surface area contributed by atoms with E-state index in [1.165, 1.54) is 0 Å². The maximum atomic E-state index is 12.6. The minimum absolute atomic E-state index is 0.345. The van der Waals surface area contributed by atoms with E-state index in [-0.39, 0.29) is 11.9 Å². The lowest BCUT2D eigenvalue weighted by molar-refractivity contribution is -0.144. The van der Waals surface area contributed by atoms with Crippen LogP contribution in [0.3, 0.4) is 0 Å². The number of rotatable bonds is 4. The van der Waals surface area contributed by atoms with Crippen molar-refractivity contribution in [1.82, 2.24) is 0 Å². The van der Waals surface area contributed by atoms with Crippen molar-refractivity contribution in [1.29, 1.82) is 0 Å². The second-order valence-electron chi connectivity index (χ2n) is 8.87. The van der Waals surface area contributed by atoms with Crippen molar-refractivity contribution in [2.45, 2.75) is 55.4 Å². The van der Waals surface area contributed by atoms with Crippen LogP contribution in [0.1, 0.15) is 54.0 Å². The van der Waals surface area contributed by atoms with Gasteiger partial charge in [-0.3, -0.25) is 9.59 Å². The quantitative estimate of drug-likeness (QED) is 0.516. The zero-order chi connectivity index (χ0) is 21.3. The van der Waals surface area contributed by atoms with Gasteiger partial charge in [-0.2, -0.15) is 0 Å². The molecule has 28 heavy (non-hydrogen) atoms. The third-order valence-electron chi connectivity index (χ3n) is 4.21. The van der Waals surface area contributed by atoms with Crippen molar-refractivity contribution in [3.05, 3.63) is 29.8 Å². The van der Waals surface area contributed by atoms with Gasteiger partial charge in [0.1, 0.15) is 5.75 Å². The molecule has 0 radical (unpaired) electrons. The number of hydrogen-bond donors (Lipinski definition) is 0. The Hall–Kier alpha value is -2.56. The molecule has 0 amide bonds. The molecular weight excluding hydrogens is 356 g/mol. The lowest BCUT2D eigenvalue weighted by atomic mass is 9.96. The van der Waals surface area contributed by atoms with Crippen molar-refractivity contribution in [3.8, 4) is 17.2 Å². The minimum Gasteiger partial charge on any atom is -0.490 e. The largest absolute Gasteiger partial charge is 0.490 e. The molecule has 0 saturated heterocycles. The third-order valence-corrected chi connectivity index (χ3v) is 4.21. The number of carbonyl (C=O) groups excluding carboxylic acids is 2. The Kier molecular flexibility index (Phi) is 6.07. The summed E-state index contributed by atoms with van der Waals surface area (Å²) in [5, 5.41) is 1.35. The molecule has 0 heterocycles. The summed E-state index contributed by atoms with van der Waals surface area (Å²) < 4.78 is 17.4. The summed E-state index contributed by atoms with van der Waals surface area (Å²) in [5.41, 5.74) is -0.707. The van der Waals surface area contributed by atoms with Crippen LogP contribution in [0.25, 0.3) is 10.8 Å². The topological polar surface area (TPSA) is 61.8 Å². The smallest absolute Gasteiger partial charge is 0.316 e. The lowest BCUT2D eigenvalue weighted by Crippen LogP contribution is -2.27. The number of ether oxygens (including phenoxy) is 3. The molecule has 2 aromatic rings. The van der Waals surface area contributed by atoms with Crippen LogP contribution in [0, 0.1) is 17.8 Å². The minimum atomic E-state index is -0.671. The summed E-state index contributed by atoms with van der Waals surface area (Å²) in [6, 6.07) is 7.37. The predicted octanol–water partition coefficient (Wildman–Crippen LogP) is 5.45. The van der Waals surface area contributed by atoms with E-state index in [4.69, 9.17) is 14.2 Å². The Morgan fingerprint density at radius 1 is 0.786 bits per heavy atom. The lowest BCUT2D eigenvalue weighted by Gasteiger charge is -2.23. The van der Waals surface area contributed by atoms with Gasteiger partial charge in [-0.15, -0.1) is 0 Å². The number of benzene rings is 2. The van der Waals surface area contributed by atoms with E-state index in [2.05, 4.69) is 0 Å². The predicted molar refractivity (Wildman–Crippen MR) is 110 cm³/mol. The average Bonchev–Trinajstić information content (AvgIpc) is 2.59. The fourth-order valence-corrected chi connectivity index (χ4v) is 2.52. The highest BCUT2D eigenvalue weighted by Gasteiger charge is 2.30. The molecule has 0 aliphatic rings. The van der Waals surface area contributed by atoms with Gasteiger partial charge in [-0.25, -0.2) is 0 Å². The summed E-state index contributed by atoms with van der Waals surface area (Å²) in [6.07, 6.45) is 0. The summed E-state index contributed by atoms with van der Waals surface area (Å²) >= 11 is 0. The second kappa shape index (κ2) is 7.82. The molecule has 0 bridgehead atoms. The first-order valence-electron chi connectivity index (χ1n) is 9.50. The summed E-state index contributed by atoms with van der Waals surface area (Å²) in [4.78, 5) is 25.1. The van der Waals surface area contributed by atoms with E-state index in [1.54, 1.807) is 48.5 Å². The van der Waals surface area contributed by atoms with E-state index < -0.39 is 10.8 Å². The van der Waals surface area contributed by atoms with Crippen LogP contribution in [0.5, 0.6) is 17.2 Å². The van der Waals surface area contributed by atoms with Crippen LogP contribution in [-0.4, -0.2) is 18.5 Å². The number of esters is 2. The molecule has 0 atom stereocenters. The van der Waals surface area contributed by atoms with Crippen molar-refractivity contribution in [3.63, 3.8) is 0 Å². The summed E-state index contributed by atoms with van der Waals surface area (Å²) in [5.74, 6) is 0.482. The van der Waals surface area contributed by atoms with E-state index in [9.17, 15) is 9.59 Å². The molecule has 0 saturated carbocycles. The van der Waals surface area contributed by atoms with Gasteiger partial charge in [0.2, 0.25) is 0 Å². The van der Waals surface area contributed by atoms with Crippen molar-refractivity contribution < 1.29 is 23.8 Å². The Balaban J connectivity index is 2.74.